The van der Waals surface area contributed by atoms with Crippen molar-refractivity contribution in [3.8, 4) is 0 Å². The molecule has 0 atom stereocenters. The van der Waals surface area contributed by atoms with Gasteiger partial charge in [-0.1, -0.05) is 6.92 Å². The summed E-state index contributed by atoms with van der Waals surface area (Å²) in [6, 6.07) is 0.321. The van der Waals surface area contributed by atoms with E-state index in [1.807, 2.05) is 0 Å². The summed E-state index contributed by atoms with van der Waals surface area (Å²) in [7, 11) is -7.25. The first-order chi connectivity index (χ1) is 8.72. The molecule has 0 unspecified atom stereocenters. The number of sulfonamides is 1. The van der Waals surface area contributed by atoms with E-state index in [0.29, 0.717) is 6.04 Å². The summed E-state index contributed by atoms with van der Waals surface area (Å²) >= 11 is 0. The molecule has 1 fully saturated rings. The van der Waals surface area contributed by atoms with Gasteiger partial charge in [0.1, 0.15) is 0 Å². The van der Waals surface area contributed by atoms with E-state index in [0.717, 1.165) is 44.9 Å². The van der Waals surface area contributed by atoms with E-state index in [4.69, 9.17) is 0 Å². The van der Waals surface area contributed by atoms with Crippen LogP contribution in [-0.4, -0.2) is 46.8 Å². The van der Waals surface area contributed by atoms with Crippen molar-refractivity contribution in [3.05, 3.63) is 0 Å². The largest absolute Gasteiger partial charge is 0.314 e. The first kappa shape index (κ1) is 16.9. The highest BCUT2D eigenvalue weighted by atomic mass is 32.3. The molecular formula is C11H24N2O4S2. The van der Waals surface area contributed by atoms with Crippen molar-refractivity contribution in [2.75, 3.05) is 17.9 Å². The Morgan fingerprint density at radius 2 is 1.53 bits per heavy atom. The van der Waals surface area contributed by atoms with Crippen molar-refractivity contribution in [2.24, 2.45) is 0 Å². The summed E-state index contributed by atoms with van der Waals surface area (Å²) in [5.74, 6) is 0. The van der Waals surface area contributed by atoms with E-state index in [1.165, 1.54) is 0 Å². The Kier molecular flexibility index (Phi) is 6.22. The SMILES string of the molecule is CCCNC1CCC(NS(=O)(=O)CS(C)(=O)=O)CC1. The maximum Gasteiger partial charge on any atom is 0.226 e. The van der Waals surface area contributed by atoms with Crippen molar-refractivity contribution in [1.29, 1.82) is 0 Å². The van der Waals surface area contributed by atoms with Gasteiger partial charge in [0.05, 0.1) is 0 Å². The Morgan fingerprint density at radius 3 is 2.00 bits per heavy atom. The van der Waals surface area contributed by atoms with Crippen molar-refractivity contribution in [1.82, 2.24) is 10.0 Å². The molecule has 0 radical (unpaired) electrons. The first-order valence-electron chi connectivity index (χ1n) is 6.63. The highest BCUT2D eigenvalue weighted by molar-refractivity contribution is 8.06. The molecule has 6 nitrogen and oxygen atoms in total. The van der Waals surface area contributed by atoms with Crippen LogP contribution in [0.1, 0.15) is 39.0 Å². The summed E-state index contributed by atoms with van der Waals surface area (Å²) in [4.78, 5) is 0. The molecule has 19 heavy (non-hydrogen) atoms. The third kappa shape index (κ3) is 7.24. The normalized spacial score (nSPS) is 25.4. The zero-order valence-corrected chi connectivity index (χ0v) is 13.2. The lowest BCUT2D eigenvalue weighted by atomic mass is 9.92. The van der Waals surface area contributed by atoms with Crippen LogP contribution in [0.3, 0.4) is 0 Å². The monoisotopic (exact) mass is 312 g/mol. The summed E-state index contributed by atoms with van der Waals surface area (Å²) in [5.41, 5.74) is 0. The van der Waals surface area contributed by atoms with Gasteiger partial charge in [0.25, 0.3) is 0 Å². The standard InChI is InChI=1S/C11H24N2O4S2/c1-3-8-12-10-4-6-11(7-5-10)13-19(16,17)9-18(2,14)15/h10-13H,3-9H2,1-2H3. The number of nitrogens with one attached hydrogen (secondary N) is 2. The van der Waals surface area contributed by atoms with Crippen molar-refractivity contribution < 1.29 is 16.8 Å². The van der Waals surface area contributed by atoms with Gasteiger partial charge in [-0.2, -0.15) is 0 Å². The van der Waals surface area contributed by atoms with Gasteiger partial charge in [0, 0.05) is 18.3 Å². The van der Waals surface area contributed by atoms with E-state index in [1.54, 1.807) is 0 Å². The third-order valence-corrected chi connectivity index (χ3v) is 6.77. The van der Waals surface area contributed by atoms with Gasteiger partial charge in [-0.05, 0) is 38.6 Å². The molecule has 0 amide bonds. The summed E-state index contributed by atoms with van der Waals surface area (Å²) in [6.07, 6.45) is 5.37. The second kappa shape index (κ2) is 7.01. The van der Waals surface area contributed by atoms with Gasteiger partial charge in [-0.25, -0.2) is 21.6 Å². The van der Waals surface area contributed by atoms with E-state index < -0.39 is 24.9 Å². The summed E-state index contributed by atoms with van der Waals surface area (Å²) < 4.78 is 47.9. The van der Waals surface area contributed by atoms with Gasteiger partial charge in [0.15, 0.2) is 14.9 Å². The average molecular weight is 312 g/mol. The maximum absolute atomic E-state index is 11.7. The summed E-state index contributed by atoms with van der Waals surface area (Å²) in [6.45, 7) is 3.09. The first-order valence-corrected chi connectivity index (χ1v) is 10.3. The highest BCUT2D eigenvalue weighted by Crippen LogP contribution is 2.19. The van der Waals surface area contributed by atoms with Crippen molar-refractivity contribution in [3.63, 3.8) is 0 Å². The van der Waals surface area contributed by atoms with Crippen LogP contribution in [0.25, 0.3) is 0 Å². The summed E-state index contributed by atoms with van der Waals surface area (Å²) in [5, 5.41) is 2.59. The number of rotatable bonds is 7. The molecule has 0 aromatic heterocycles. The third-order valence-electron chi connectivity index (χ3n) is 3.13. The lowest BCUT2D eigenvalue weighted by Gasteiger charge is -2.29. The van der Waals surface area contributed by atoms with Crippen LogP contribution in [0.2, 0.25) is 0 Å². The Morgan fingerprint density at radius 1 is 1.00 bits per heavy atom. The zero-order valence-electron chi connectivity index (χ0n) is 11.6. The van der Waals surface area contributed by atoms with Gasteiger partial charge >= 0.3 is 0 Å². The lowest BCUT2D eigenvalue weighted by molar-refractivity contribution is 0.330. The van der Waals surface area contributed by atoms with Crippen LogP contribution in [0.15, 0.2) is 0 Å². The topological polar surface area (TPSA) is 92.3 Å². The second-order valence-corrected chi connectivity index (χ2v) is 9.54. The van der Waals surface area contributed by atoms with Crippen LogP contribution in [0.4, 0.5) is 0 Å². The average Bonchev–Trinajstić information content (AvgIpc) is 2.24. The molecule has 0 spiro atoms. The van der Waals surface area contributed by atoms with Gasteiger partial charge < -0.3 is 5.32 Å². The number of sulfone groups is 1. The van der Waals surface area contributed by atoms with E-state index >= 15 is 0 Å². The molecule has 2 N–H and O–H groups in total. The van der Waals surface area contributed by atoms with Crippen molar-refractivity contribution in [2.45, 2.75) is 51.1 Å². The minimum Gasteiger partial charge on any atom is -0.314 e. The predicted molar refractivity (Wildman–Crippen MR) is 76.1 cm³/mol. The zero-order chi connectivity index (χ0) is 14.5. The van der Waals surface area contributed by atoms with Crippen LogP contribution in [-0.2, 0) is 19.9 Å². The van der Waals surface area contributed by atoms with Gasteiger partial charge in [0.2, 0.25) is 10.0 Å². The number of hydrogen-bond acceptors (Lipinski definition) is 5. The minimum absolute atomic E-state index is 0.133. The van der Waals surface area contributed by atoms with E-state index in [-0.39, 0.29) is 6.04 Å². The lowest BCUT2D eigenvalue weighted by Crippen LogP contribution is -2.43. The molecule has 0 saturated heterocycles. The van der Waals surface area contributed by atoms with Crippen LogP contribution < -0.4 is 10.0 Å². The Bertz CT molecular complexity index is 465. The molecule has 0 aromatic carbocycles. The minimum atomic E-state index is -3.73. The fourth-order valence-electron chi connectivity index (χ4n) is 2.33. The van der Waals surface area contributed by atoms with E-state index in [2.05, 4.69) is 17.0 Å². The molecule has 0 heterocycles. The molecular weight excluding hydrogens is 288 g/mol. The van der Waals surface area contributed by atoms with E-state index in [9.17, 15) is 16.8 Å². The Balaban J connectivity index is 2.40. The second-order valence-electron chi connectivity index (χ2n) is 5.28. The molecule has 0 aliphatic heterocycles. The van der Waals surface area contributed by atoms with Crippen LogP contribution in [0, 0.1) is 0 Å². The Labute approximate surface area is 116 Å². The molecule has 0 bridgehead atoms. The fourth-order valence-corrected chi connectivity index (χ4v) is 5.60. The van der Waals surface area contributed by atoms with Crippen molar-refractivity contribution >= 4 is 19.9 Å². The fraction of sp³-hybridized carbons (Fsp3) is 1.00. The molecule has 1 aliphatic carbocycles. The maximum atomic E-state index is 11.7. The molecule has 0 aromatic rings. The molecule has 1 saturated carbocycles. The molecule has 8 heteroatoms. The molecule has 114 valence electrons. The van der Waals surface area contributed by atoms with Crippen LogP contribution in [0.5, 0.6) is 0 Å². The quantitative estimate of drug-likeness (QED) is 0.701. The Hall–Kier alpha value is -0.180. The molecule has 1 rings (SSSR count). The van der Waals surface area contributed by atoms with Crippen LogP contribution >= 0.6 is 0 Å². The smallest absolute Gasteiger partial charge is 0.226 e. The highest BCUT2D eigenvalue weighted by Gasteiger charge is 2.26. The number of hydrogen-bond donors (Lipinski definition) is 2. The van der Waals surface area contributed by atoms with Gasteiger partial charge in [-0.15, -0.1) is 0 Å². The molecule has 1 aliphatic rings. The predicted octanol–water partition coefficient (Wildman–Crippen LogP) is 0.219. The van der Waals surface area contributed by atoms with Gasteiger partial charge in [-0.3, -0.25) is 0 Å².